The van der Waals surface area contributed by atoms with E-state index in [-0.39, 0.29) is 17.8 Å². The molecule has 3 aliphatic carbocycles. The number of rotatable bonds is 0. The van der Waals surface area contributed by atoms with Crippen LogP contribution >= 0.6 is 0 Å². The summed E-state index contributed by atoms with van der Waals surface area (Å²) in [6.45, 7) is 0. The average molecular weight is 192 g/mol. The van der Waals surface area contributed by atoms with Crippen LogP contribution in [0.4, 0.5) is 0 Å². The molecule has 5 atom stereocenters. The first kappa shape index (κ1) is 7.46. The number of ether oxygens (including phenoxy) is 1. The van der Waals surface area contributed by atoms with Crippen LogP contribution in [-0.2, 0) is 9.53 Å². The van der Waals surface area contributed by atoms with Crippen molar-refractivity contribution in [3.63, 3.8) is 0 Å². The third-order valence-electron chi connectivity index (χ3n) is 4.74. The van der Waals surface area contributed by atoms with Crippen LogP contribution in [0.5, 0.6) is 0 Å². The molecule has 0 aromatic carbocycles. The summed E-state index contributed by atoms with van der Waals surface area (Å²) in [5.41, 5.74) is 0.357. The second kappa shape index (κ2) is 1.91. The second-order valence-electron chi connectivity index (χ2n) is 5.10. The van der Waals surface area contributed by atoms with Crippen LogP contribution in [0.25, 0.3) is 0 Å². The maximum absolute atomic E-state index is 11.6. The minimum atomic E-state index is -0.843. The first-order chi connectivity index (χ1) is 6.74. The van der Waals surface area contributed by atoms with Gasteiger partial charge in [-0.2, -0.15) is 0 Å². The number of esters is 1. The molecule has 1 N–H and O–H groups in total. The zero-order valence-electron chi connectivity index (χ0n) is 7.72. The van der Waals surface area contributed by atoms with Gasteiger partial charge < -0.3 is 9.84 Å². The van der Waals surface area contributed by atoms with Crippen molar-refractivity contribution in [2.75, 3.05) is 0 Å². The highest BCUT2D eigenvalue weighted by molar-refractivity contribution is 5.77. The van der Waals surface area contributed by atoms with Crippen LogP contribution in [0, 0.1) is 29.1 Å². The lowest BCUT2D eigenvalue weighted by molar-refractivity contribution is -0.159. The summed E-state index contributed by atoms with van der Waals surface area (Å²) in [4.78, 5) is 11.6. The Kier molecular flexibility index (Phi) is 1.02. The van der Waals surface area contributed by atoms with E-state index in [4.69, 9.17) is 4.74 Å². The first-order valence-electron chi connectivity index (χ1n) is 5.31. The maximum Gasteiger partial charge on any atom is 0.312 e. The number of hydrogen-bond donors (Lipinski definition) is 1. The summed E-state index contributed by atoms with van der Waals surface area (Å²) in [5.74, 6) is 0.606. The van der Waals surface area contributed by atoms with Crippen molar-refractivity contribution in [3.05, 3.63) is 12.2 Å². The normalized spacial score (nSPS) is 55.2. The molecule has 2 bridgehead atoms. The van der Waals surface area contributed by atoms with E-state index in [9.17, 15) is 9.90 Å². The van der Waals surface area contributed by atoms with Gasteiger partial charge in [-0.15, -0.1) is 0 Å². The summed E-state index contributed by atoms with van der Waals surface area (Å²) >= 11 is 0. The zero-order chi connectivity index (χ0) is 9.50. The molecule has 1 aliphatic heterocycles. The van der Waals surface area contributed by atoms with E-state index in [0.717, 1.165) is 0 Å². The van der Waals surface area contributed by atoms with Crippen molar-refractivity contribution in [1.82, 2.24) is 0 Å². The molecule has 0 aromatic rings. The third kappa shape index (κ3) is 0.566. The van der Waals surface area contributed by atoms with Crippen molar-refractivity contribution in [2.24, 2.45) is 29.1 Å². The number of hydrogen-bond acceptors (Lipinski definition) is 3. The lowest BCUT2D eigenvalue weighted by Crippen LogP contribution is -2.24. The molecular formula is C11H12O3. The Morgan fingerprint density at radius 3 is 2.71 bits per heavy atom. The molecule has 0 amide bonds. The van der Waals surface area contributed by atoms with E-state index in [1.165, 1.54) is 12.8 Å². The minimum absolute atomic E-state index is 0.0394. The van der Waals surface area contributed by atoms with Gasteiger partial charge in [0.1, 0.15) is 0 Å². The van der Waals surface area contributed by atoms with Gasteiger partial charge in [0.2, 0.25) is 6.29 Å². The van der Waals surface area contributed by atoms with Crippen molar-refractivity contribution >= 4 is 5.97 Å². The number of aliphatic hydroxyl groups excluding tert-OH is 1. The quantitative estimate of drug-likeness (QED) is 0.453. The van der Waals surface area contributed by atoms with Gasteiger partial charge in [-0.25, -0.2) is 0 Å². The largest absolute Gasteiger partial charge is 0.435 e. The van der Waals surface area contributed by atoms with E-state index in [1.54, 1.807) is 0 Å². The number of aliphatic hydroxyl groups is 1. The molecule has 4 rings (SSSR count). The molecule has 1 spiro atoms. The Labute approximate surface area is 81.7 Å². The summed E-state index contributed by atoms with van der Waals surface area (Å²) in [5, 5.41) is 9.67. The Morgan fingerprint density at radius 1 is 1.36 bits per heavy atom. The van der Waals surface area contributed by atoms with Crippen molar-refractivity contribution in [1.29, 1.82) is 0 Å². The van der Waals surface area contributed by atoms with E-state index in [1.807, 2.05) is 0 Å². The molecule has 0 aromatic heterocycles. The number of carbonyl (C=O) groups is 1. The summed E-state index contributed by atoms with van der Waals surface area (Å²) in [6.07, 6.45) is 5.98. The summed E-state index contributed by atoms with van der Waals surface area (Å²) in [6, 6.07) is 0. The molecule has 5 unspecified atom stereocenters. The predicted molar refractivity (Wildman–Crippen MR) is 46.9 cm³/mol. The minimum Gasteiger partial charge on any atom is -0.435 e. The maximum atomic E-state index is 11.6. The van der Waals surface area contributed by atoms with Gasteiger partial charge in [-0.05, 0) is 30.1 Å². The van der Waals surface area contributed by atoms with Gasteiger partial charge in [0, 0.05) is 5.92 Å². The van der Waals surface area contributed by atoms with Crippen LogP contribution in [0.3, 0.4) is 0 Å². The van der Waals surface area contributed by atoms with E-state index in [2.05, 4.69) is 12.2 Å². The van der Waals surface area contributed by atoms with Crippen molar-refractivity contribution in [3.8, 4) is 0 Å². The Bertz CT molecular complexity index is 356. The lowest BCUT2D eigenvalue weighted by Gasteiger charge is -2.19. The van der Waals surface area contributed by atoms with Crippen molar-refractivity contribution in [2.45, 2.75) is 19.1 Å². The second-order valence-corrected chi connectivity index (χ2v) is 5.10. The van der Waals surface area contributed by atoms with Crippen LogP contribution in [-0.4, -0.2) is 17.4 Å². The van der Waals surface area contributed by atoms with Crippen LogP contribution in [0.2, 0.25) is 0 Å². The predicted octanol–water partition coefficient (Wildman–Crippen LogP) is 0.690. The van der Waals surface area contributed by atoms with Gasteiger partial charge in [-0.3, -0.25) is 4.79 Å². The van der Waals surface area contributed by atoms with E-state index >= 15 is 0 Å². The highest BCUT2D eigenvalue weighted by Crippen LogP contribution is 2.73. The standard InChI is InChI=1S/C11H12O3/c12-9-7-5-1-2-6(11(5)3-4-11)8(7)10(13)14-9/h1-2,5-9,12H,3-4H2. The summed E-state index contributed by atoms with van der Waals surface area (Å²) < 4.78 is 4.91. The number of carbonyl (C=O) groups excluding carboxylic acids is 1. The Balaban J connectivity index is 1.85. The molecule has 74 valence electrons. The lowest BCUT2D eigenvalue weighted by atomic mass is 9.85. The topological polar surface area (TPSA) is 46.5 Å². The molecule has 1 heterocycles. The molecule has 2 saturated carbocycles. The molecule has 1 saturated heterocycles. The molecule has 3 fully saturated rings. The van der Waals surface area contributed by atoms with Gasteiger partial charge in [-0.1, -0.05) is 12.2 Å². The highest BCUT2D eigenvalue weighted by Gasteiger charge is 2.72. The average Bonchev–Trinajstić information content (AvgIpc) is 2.72. The van der Waals surface area contributed by atoms with E-state index in [0.29, 0.717) is 17.3 Å². The Morgan fingerprint density at radius 2 is 2.07 bits per heavy atom. The van der Waals surface area contributed by atoms with E-state index < -0.39 is 6.29 Å². The SMILES string of the molecule is O=C1OC(O)C2C1C1C=CC2C12CC2. The monoisotopic (exact) mass is 192 g/mol. The molecule has 4 aliphatic rings. The van der Waals surface area contributed by atoms with Crippen LogP contribution in [0.15, 0.2) is 12.2 Å². The fraction of sp³-hybridized carbons (Fsp3) is 0.727. The fourth-order valence-electron chi connectivity index (χ4n) is 4.04. The van der Waals surface area contributed by atoms with Gasteiger partial charge in [0.05, 0.1) is 5.92 Å². The smallest absolute Gasteiger partial charge is 0.312 e. The number of allylic oxidation sites excluding steroid dienone is 2. The van der Waals surface area contributed by atoms with Gasteiger partial charge in [0.25, 0.3) is 0 Å². The summed E-state index contributed by atoms with van der Waals surface area (Å²) in [7, 11) is 0. The fourth-order valence-corrected chi connectivity index (χ4v) is 4.04. The molecule has 3 nitrogen and oxygen atoms in total. The van der Waals surface area contributed by atoms with Crippen LogP contribution < -0.4 is 0 Å². The third-order valence-corrected chi connectivity index (χ3v) is 4.74. The molecule has 0 radical (unpaired) electrons. The van der Waals surface area contributed by atoms with Gasteiger partial charge in [0.15, 0.2) is 0 Å². The first-order valence-corrected chi connectivity index (χ1v) is 5.31. The Hall–Kier alpha value is -0.830. The van der Waals surface area contributed by atoms with Crippen LogP contribution in [0.1, 0.15) is 12.8 Å². The van der Waals surface area contributed by atoms with Crippen molar-refractivity contribution < 1.29 is 14.6 Å². The number of cyclic esters (lactones) is 1. The molecule has 14 heavy (non-hydrogen) atoms. The zero-order valence-corrected chi connectivity index (χ0v) is 7.72. The molecule has 3 heteroatoms. The molecular weight excluding hydrogens is 180 g/mol. The number of fused-ring (bicyclic) bond motifs is 3. The highest BCUT2D eigenvalue weighted by atomic mass is 16.6. The van der Waals surface area contributed by atoms with Gasteiger partial charge >= 0.3 is 5.97 Å².